The van der Waals surface area contributed by atoms with Crippen LogP contribution in [0.3, 0.4) is 0 Å². The van der Waals surface area contributed by atoms with Crippen LogP contribution in [0.25, 0.3) is 0 Å². The van der Waals surface area contributed by atoms with E-state index in [0.717, 1.165) is 12.8 Å². The summed E-state index contributed by atoms with van der Waals surface area (Å²) in [6.07, 6.45) is 5.39. The van der Waals surface area contributed by atoms with E-state index in [1.54, 1.807) is 12.5 Å². The molecule has 3 N–H and O–H groups in total. The fourth-order valence-corrected chi connectivity index (χ4v) is 2.23. The van der Waals surface area contributed by atoms with Gasteiger partial charge in [0.2, 0.25) is 5.91 Å². The molecule has 0 saturated carbocycles. The Kier molecular flexibility index (Phi) is 6.71. The summed E-state index contributed by atoms with van der Waals surface area (Å²) < 4.78 is 1.97. The van der Waals surface area contributed by atoms with Gasteiger partial charge in [0, 0.05) is 12.2 Å². The maximum absolute atomic E-state index is 12.1. The summed E-state index contributed by atoms with van der Waals surface area (Å²) in [5.74, 6) is 0.0641. The molecule has 0 fully saturated rings. The van der Waals surface area contributed by atoms with Gasteiger partial charge in [-0.3, -0.25) is 4.79 Å². The zero-order valence-electron chi connectivity index (χ0n) is 12.8. The van der Waals surface area contributed by atoms with Crippen molar-refractivity contribution in [2.75, 3.05) is 5.32 Å². The highest BCUT2D eigenvalue weighted by molar-refractivity contribution is 5.95. The zero-order chi connectivity index (χ0) is 15.8. The average molecular weight is 296 g/mol. The molecule has 0 aliphatic heterocycles. The summed E-state index contributed by atoms with van der Waals surface area (Å²) in [5, 5.41) is 13.6. The van der Waals surface area contributed by atoms with Crippen molar-refractivity contribution in [1.82, 2.24) is 14.9 Å². The third-order valence-corrected chi connectivity index (χ3v) is 3.41. The fraction of sp³-hybridized carbons (Fsp3) is 0.643. The molecular weight excluding hydrogens is 272 g/mol. The van der Waals surface area contributed by atoms with Gasteiger partial charge in [0.15, 0.2) is 5.82 Å². The Balaban J connectivity index is 2.70. The van der Waals surface area contributed by atoms with Crippen molar-refractivity contribution < 1.29 is 14.7 Å². The first kappa shape index (κ1) is 17.0. The molecule has 0 aliphatic rings. The molecule has 0 spiro atoms. The lowest BCUT2D eigenvalue weighted by Crippen LogP contribution is -2.43. The van der Waals surface area contributed by atoms with Crippen molar-refractivity contribution in [1.29, 1.82) is 0 Å². The van der Waals surface area contributed by atoms with Gasteiger partial charge in [-0.1, -0.05) is 27.2 Å². The van der Waals surface area contributed by atoms with Gasteiger partial charge in [-0.05, 0) is 19.3 Å². The van der Waals surface area contributed by atoms with Crippen LogP contribution >= 0.6 is 0 Å². The number of carbonyl (C=O) groups is 2. The van der Waals surface area contributed by atoms with E-state index >= 15 is 0 Å². The van der Waals surface area contributed by atoms with Gasteiger partial charge in [0.25, 0.3) is 0 Å². The SMILES string of the molecule is CCCC(NC(=O)O)C(=O)Nc1cn(C(CC)CC)cn1. The Hall–Kier alpha value is -2.05. The molecule has 1 atom stereocenters. The molecule has 1 aromatic heterocycles. The lowest BCUT2D eigenvalue weighted by Gasteiger charge is -2.15. The minimum Gasteiger partial charge on any atom is -0.465 e. The fourth-order valence-electron chi connectivity index (χ4n) is 2.23. The minimum atomic E-state index is -1.20. The van der Waals surface area contributed by atoms with E-state index in [9.17, 15) is 9.59 Å². The van der Waals surface area contributed by atoms with Crippen LogP contribution in [0.15, 0.2) is 12.5 Å². The van der Waals surface area contributed by atoms with Gasteiger partial charge < -0.3 is 20.3 Å². The first-order valence-electron chi connectivity index (χ1n) is 7.35. The Morgan fingerprint density at radius 2 is 2.00 bits per heavy atom. The van der Waals surface area contributed by atoms with E-state index < -0.39 is 12.1 Å². The number of anilines is 1. The Morgan fingerprint density at radius 1 is 1.33 bits per heavy atom. The molecule has 2 amide bonds. The van der Waals surface area contributed by atoms with Crippen LogP contribution in [0, 0.1) is 0 Å². The normalized spacial score (nSPS) is 12.2. The first-order chi connectivity index (χ1) is 10.0. The molecular formula is C14H24N4O3. The maximum atomic E-state index is 12.1. The molecule has 1 heterocycles. The molecule has 1 rings (SSSR count). The van der Waals surface area contributed by atoms with Crippen molar-refractivity contribution in [2.45, 2.75) is 58.5 Å². The zero-order valence-corrected chi connectivity index (χ0v) is 12.8. The van der Waals surface area contributed by atoms with Crippen LogP contribution in [0.1, 0.15) is 52.5 Å². The molecule has 21 heavy (non-hydrogen) atoms. The topological polar surface area (TPSA) is 96.3 Å². The predicted molar refractivity (Wildman–Crippen MR) is 80.3 cm³/mol. The summed E-state index contributed by atoms with van der Waals surface area (Å²) in [5.41, 5.74) is 0. The summed E-state index contributed by atoms with van der Waals surface area (Å²) in [4.78, 5) is 26.9. The summed E-state index contributed by atoms with van der Waals surface area (Å²) in [6, 6.07) is -0.405. The molecule has 118 valence electrons. The molecule has 0 aliphatic carbocycles. The highest BCUT2D eigenvalue weighted by Crippen LogP contribution is 2.17. The molecule has 7 heteroatoms. The number of rotatable bonds is 8. The number of nitrogens with zero attached hydrogens (tertiary/aromatic N) is 2. The number of amides is 2. The molecule has 1 aromatic rings. The van der Waals surface area contributed by atoms with Crippen molar-refractivity contribution in [3.63, 3.8) is 0 Å². The molecule has 0 radical (unpaired) electrons. The number of hydrogen-bond donors (Lipinski definition) is 3. The summed E-state index contributed by atoms with van der Waals surface area (Å²) >= 11 is 0. The number of imidazole rings is 1. The second-order valence-electron chi connectivity index (χ2n) is 4.96. The van der Waals surface area contributed by atoms with Crippen LogP contribution in [-0.2, 0) is 4.79 Å². The predicted octanol–water partition coefficient (Wildman–Crippen LogP) is 2.62. The van der Waals surface area contributed by atoms with Crippen molar-refractivity contribution in [3.8, 4) is 0 Å². The summed E-state index contributed by atoms with van der Waals surface area (Å²) in [6.45, 7) is 6.09. The summed E-state index contributed by atoms with van der Waals surface area (Å²) in [7, 11) is 0. The van der Waals surface area contributed by atoms with Crippen LogP contribution in [0.5, 0.6) is 0 Å². The monoisotopic (exact) mass is 296 g/mol. The third kappa shape index (κ3) is 5.09. The molecule has 7 nitrogen and oxygen atoms in total. The molecule has 0 saturated heterocycles. The van der Waals surface area contributed by atoms with E-state index in [0.29, 0.717) is 24.7 Å². The van der Waals surface area contributed by atoms with Crippen LogP contribution < -0.4 is 10.6 Å². The quantitative estimate of drug-likeness (QED) is 0.687. The van der Waals surface area contributed by atoms with Crippen LogP contribution in [0.4, 0.5) is 10.6 Å². The van der Waals surface area contributed by atoms with Gasteiger partial charge in [-0.25, -0.2) is 9.78 Å². The van der Waals surface area contributed by atoms with Crippen LogP contribution in [0.2, 0.25) is 0 Å². The van der Waals surface area contributed by atoms with E-state index in [-0.39, 0.29) is 5.91 Å². The van der Waals surface area contributed by atoms with Gasteiger partial charge >= 0.3 is 6.09 Å². The van der Waals surface area contributed by atoms with E-state index in [4.69, 9.17) is 5.11 Å². The van der Waals surface area contributed by atoms with E-state index in [2.05, 4.69) is 29.5 Å². The number of carbonyl (C=O) groups excluding carboxylic acids is 1. The first-order valence-corrected chi connectivity index (χ1v) is 7.35. The van der Waals surface area contributed by atoms with Crippen molar-refractivity contribution in [2.24, 2.45) is 0 Å². The van der Waals surface area contributed by atoms with Crippen molar-refractivity contribution in [3.05, 3.63) is 12.5 Å². The lowest BCUT2D eigenvalue weighted by atomic mass is 10.1. The number of aromatic nitrogens is 2. The van der Waals surface area contributed by atoms with E-state index in [1.165, 1.54) is 0 Å². The molecule has 0 bridgehead atoms. The number of hydrogen-bond acceptors (Lipinski definition) is 3. The Morgan fingerprint density at radius 3 is 2.52 bits per heavy atom. The van der Waals surface area contributed by atoms with Gasteiger partial charge in [-0.15, -0.1) is 0 Å². The Bertz CT molecular complexity index is 469. The molecule has 1 unspecified atom stereocenters. The largest absolute Gasteiger partial charge is 0.465 e. The highest BCUT2D eigenvalue weighted by Gasteiger charge is 2.20. The van der Waals surface area contributed by atoms with Gasteiger partial charge in [0.05, 0.1) is 6.33 Å². The van der Waals surface area contributed by atoms with Crippen molar-refractivity contribution >= 4 is 17.8 Å². The lowest BCUT2D eigenvalue weighted by molar-refractivity contribution is -0.118. The van der Waals surface area contributed by atoms with E-state index in [1.807, 2.05) is 11.5 Å². The van der Waals surface area contributed by atoms with Gasteiger partial charge in [0.1, 0.15) is 6.04 Å². The molecule has 0 aromatic carbocycles. The number of nitrogens with one attached hydrogen (secondary N) is 2. The average Bonchev–Trinajstić information content (AvgIpc) is 2.87. The van der Waals surface area contributed by atoms with Crippen LogP contribution in [-0.4, -0.2) is 32.7 Å². The highest BCUT2D eigenvalue weighted by atomic mass is 16.4. The third-order valence-electron chi connectivity index (χ3n) is 3.41. The smallest absolute Gasteiger partial charge is 0.405 e. The second kappa shape index (κ2) is 8.28. The minimum absolute atomic E-state index is 0.353. The standard InChI is InChI=1S/C14H24N4O3/c1-4-7-11(16-14(20)21)13(19)17-12-8-18(9-15-12)10(5-2)6-3/h8-11,16H,4-7H2,1-3H3,(H,17,19)(H,20,21). The van der Waals surface area contributed by atoms with Gasteiger partial charge in [-0.2, -0.15) is 0 Å². The Labute approximate surface area is 124 Å². The second-order valence-corrected chi connectivity index (χ2v) is 4.96. The maximum Gasteiger partial charge on any atom is 0.405 e. The number of carboxylic acid groups (broad SMARTS) is 1.